The lowest BCUT2D eigenvalue weighted by atomic mass is 10.1. The van der Waals surface area contributed by atoms with Gasteiger partial charge >= 0.3 is 0 Å². The number of hydrogen-bond acceptors (Lipinski definition) is 4. The van der Waals surface area contributed by atoms with Crippen LogP contribution in [0, 0.1) is 6.92 Å². The molecule has 2 aromatic rings. The number of benzene rings is 1. The van der Waals surface area contributed by atoms with E-state index in [1.807, 2.05) is 13.0 Å². The number of carbonyl (C=O) groups is 2. The summed E-state index contributed by atoms with van der Waals surface area (Å²) in [7, 11) is 0. The van der Waals surface area contributed by atoms with E-state index in [1.54, 1.807) is 23.6 Å². The van der Waals surface area contributed by atoms with E-state index >= 15 is 0 Å². The zero-order valence-corrected chi connectivity index (χ0v) is 12.2. The summed E-state index contributed by atoms with van der Waals surface area (Å²) in [5.41, 5.74) is 1.31. The molecule has 0 radical (unpaired) electrons. The molecule has 6 heteroatoms. The number of aliphatic hydroxyl groups excluding tert-OH is 1. The van der Waals surface area contributed by atoms with Crippen LogP contribution < -0.4 is 5.32 Å². The molecule has 20 heavy (non-hydrogen) atoms. The molecular formula is C14H12ClNO3S. The summed E-state index contributed by atoms with van der Waals surface area (Å²) in [6, 6.07) is 8.33. The van der Waals surface area contributed by atoms with Gasteiger partial charge in [0, 0.05) is 10.9 Å². The maximum Gasteiger partial charge on any atom is 0.253 e. The first-order chi connectivity index (χ1) is 9.47. The highest BCUT2D eigenvalue weighted by atomic mass is 35.5. The van der Waals surface area contributed by atoms with Crippen LogP contribution in [-0.4, -0.2) is 23.0 Å². The lowest BCUT2D eigenvalue weighted by Gasteiger charge is -2.11. The van der Waals surface area contributed by atoms with E-state index in [-0.39, 0.29) is 0 Å². The molecule has 0 saturated heterocycles. The van der Waals surface area contributed by atoms with Crippen molar-refractivity contribution >= 4 is 34.6 Å². The van der Waals surface area contributed by atoms with Crippen molar-refractivity contribution in [3.05, 3.63) is 56.7 Å². The molecule has 2 rings (SSSR count). The second-order valence-electron chi connectivity index (χ2n) is 4.24. The van der Waals surface area contributed by atoms with Gasteiger partial charge in [0.1, 0.15) is 0 Å². The Hall–Kier alpha value is -1.69. The Kier molecular flexibility index (Phi) is 4.54. The van der Waals surface area contributed by atoms with Gasteiger partial charge in [-0.2, -0.15) is 0 Å². The van der Waals surface area contributed by atoms with Crippen molar-refractivity contribution in [3.8, 4) is 0 Å². The Morgan fingerprint density at radius 2 is 2.10 bits per heavy atom. The first-order valence-electron chi connectivity index (χ1n) is 5.81. The average molecular weight is 310 g/mol. The maximum atomic E-state index is 11.9. The molecule has 1 heterocycles. The minimum Gasteiger partial charge on any atom is -0.367 e. The Labute approximate surface area is 125 Å². The molecule has 1 unspecified atom stereocenters. The zero-order valence-electron chi connectivity index (χ0n) is 10.6. The van der Waals surface area contributed by atoms with Crippen LogP contribution in [0.5, 0.6) is 0 Å². The maximum absolute atomic E-state index is 11.9. The minimum atomic E-state index is -1.59. The number of nitrogens with one attached hydrogen (secondary N) is 1. The normalized spacial score (nSPS) is 11.9. The fourth-order valence-electron chi connectivity index (χ4n) is 1.64. The van der Waals surface area contributed by atoms with E-state index in [9.17, 15) is 14.7 Å². The number of halogens is 1. The summed E-state index contributed by atoms with van der Waals surface area (Å²) in [4.78, 5) is 24.1. The molecule has 1 aromatic carbocycles. The van der Waals surface area contributed by atoms with E-state index in [0.29, 0.717) is 15.5 Å². The Morgan fingerprint density at radius 1 is 1.35 bits per heavy atom. The lowest BCUT2D eigenvalue weighted by Crippen LogP contribution is -2.40. The number of aliphatic hydroxyl groups is 1. The van der Waals surface area contributed by atoms with Crippen molar-refractivity contribution in [1.29, 1.82) is 0 Å². The summed E-state index contributed by atoms with van der Waals surface area (Å²) < 4.78 is 0. The summed E-state index contributed by atoms with van der Waals surface area (Å²) >= 11 is 6.84. The van der Waals surface area contributed by atoms with Gasteiger partial charge in [0.05, 0.1) is 9.90 Å². The quantitative estimate of drug-likeness (QED) is 0.674. The standard InChI is InChI=1S/C14H12ClNO3S/c1-8-3-2-4-9(5-8)13(18)16-14(19)12(17)11-6-10(15)7-20-11/h2-7,14,19H,1H3,(H,16,18). The van der Waals surface area contributed by atoms with Crippen LogP contribution in [0.2, 0.25) is 5.02 Å². The third-order valence-electron chi connectivity index (χ3n) is 2.61. The summed E-state index contributed by atoms with van der Waals surface area (Å²) in [6.45, 7) is 1.85. The van der Waals surface area contributed by atoms with Crippen LogP contribution in [0.1, 0.15) is 25.6 Å². The molecular weight excluding hydrogens is 298 g/mol. The van der Waals surface area contributed by atoms with Gasteiger partial charge in [-0.05, 0) is 25.1 Å². The zero-order chi connectivity index (χ0) is 14.7. The first kappa shape index (κ1) is 14.7. The van der Waals surface area contributed by atoms with Crippen molar-refractivity contribution in [2.75, 3.05) is 0 Å². The fourth-order valence-corrected chi connectivity index (χ4v) is 2.67. The lowest BCUT2D eigenvalue weighted by molar-refractivity contribution is 0.0610. The largest absolute Gasteiger partial charge is 0.367 e. The highest BCUT2D eigenvalue weighted by Gasteiger charge is 2.21. The van der Waals surface area contributed by atoms with Gasteiger partial charge in [-0.1, -0.05) is 29.3 Å². The number of ketones is 1. The predicted molar refractivity (Wildman–Crippen MR) is 78.3 cm³/mol. The van der Waals surface area contributed by atoms with Crippen molar-refractivity contribution < 1.29 is 14.7 Å². The smallest absolute Gasteiger partial charge is 0.253 e. The molecule has 0 aliphatic heterocycles. The molecule has 1 atom stereocenters. The second kappa shape index (κ2) is 6.17. The predicted octanol–water partition coefficient (Wildman–Crippen LogP) is 2.64. The highest BCUT2D eigenvalue weighted by Crippen LogP contribution is 2.20. The molecule has 1 aromatic heterocycles. The van der Waals surface area contributed by atoms with Crippen molar-refractivity contribution in [1.82, 2.24) is 5.32 Å². The van der Waals surface area contributed by atoms with Crippen LogP contribution in [0.3, 0.4) is 0 Å². The summed E-state index contributed by atoms with van der Waals surface area (Å²) in [6.07, 6.45) is -1.59. The van der Waals surface area contributed by atoms with Gasteiger partial charge in [0.15, 0.2) is 6.23 Å². The molecule has 2 N–H and O–H groups in total. The van der Waals surface area contributed by atoms with Crippen LogP contribution in [0.4, 0.5) is 0 Å². The number of rotatable bonds is 4. The Balaban J connectivity index is 2.06. The van der Waals surface area contributed by atoms with Gasteiger partial charge in [0.25, 0.3) is 5.91 Å². The third-order valence-corrected chi connectivity index (χ3v) is 3.90. The number of thiophene rings is 1. The monoisotopic (exact) mass is 309 g/mol. The average Bonchev–Trinajstić information content (AvgIpc) is 2.84. The van der Waals surface area contributed by atoms with Crippen molar-refractivity contribution in [2.45, 2.75) is 13.2 Å². The van der Waals surface area contributed by atoms with Crippen LogP contribution in [-0.2, 0) is 0 Å². The molecule has 0 aliphatic rings. The number of carbonyl (C=O) groups excluding carboxylic acids is 2. The van der Waals surface area contributed by atoms with Crippen LogP contribution >= 0.6 is 22.9 Å². The summed E-state index contributed by atoms with van der Waals surface area (Å²) in [5.74, 6) is -1.08. The van der Waals surface area contributed by atoms with Crippen LogP contribution in [0.25, 0.3) is 0 Å². The van der Waals surface area contributed by atoms with Crippen molar-refractivity contribution in [3.63, 3.8) is 0 Å². The van der Waals surface area contributed by atoms with E-state index in [2.05, 4.69) is 5.32 Å². The molecule has 1 amide bonds. The van der Waals surface area contributed by atoms with Crippen LogP contribution in [0.15, 0.2) is 35.7 Å². The molecule has 0 fully saturated rings. The Morgan fingerprint density at radius 3 is 2.70 bits per heavy atom. The second-order valence-corrected chi connectivity index (χ2v) is 5.59. The van der Waals surface area contributed by atoms with E-state index in [0.717, 1.165) is 16.9 Å². The molecule has 104 valence electrons. The minimum absolute atomic E-state index is 0.298. The van der Waals surface area contributed by atoms with Gasteiger partial charge < -0.3 is 10.4 Å². The third kappa shape index (κ3) is 3.45. The number of amides is 1. The molecule has 4 nitrogen and oxygen atoms in total. The highest BCUT2D eigenvalue weighted by molar-refractivity contribution is 7.12. The molecule has 0 bridgehead atoms. The van der Waals surface area contributed by atoms with E-state index in [1.165, 1.54) is 6.07 Å². The molecule has 0 spiro atoms. The van der Waals surface area contributed by atoms with Gasteiger partial charge in [-0.15, -0.1) is 11.3 Å². The topological polar surface area (TPSA) is 66.4 Å². The van der Waals surface area contributed by atoms with Gasteiger partial charge in [-0.25, -0.2) is 0 Å². The summed E-state index contributed by atoms with van der Waals surface area (Å²) in [5, 5.41) is 14.0. The fraction of sp³-hybridized carbons (Fsp3) is 0.143. The van der Waals surface area contributed by atoms with Crippen molar-refractivity contribution in [2.24, 2.45) is 0 Å². The number of Topliss-reactive ketones (excluding diaryl/α,β-unsaturated/α-hetero) is 1. The SMILES string of the molecule is Cc1cccc(C(=O)NC(O)C(=O)c2cc(Cl)cs2)c1. The molecule has 0 saturated carbocycles. The van der Waals surface area contributed by atoms with Gasteiger partial charge in [-0.3, -0.25) is 9.59 Å². The first-order valence-corrected chi connectivity index (χ1v) is 7.07. The van der Waals surface area contributed by atoms with E-state index in [4.69, 9.17) is 11.6 Å². The number of hydrogen-bond donors (Lipinski definition) is 2. The number of aryl methyl sites for hydroxylation is 1. The Bertz CT molecular complexity index is 653. The van der Waals surface area contributed by atoms with Gasteiger partial charge in [0.2, 0.25) is 5.78 Å². The van der Waals surface area contributed by atoms with E-state index < -0.39 is 17.9 Å². The molecule has 0 aliphatic carbocycles.